The molecule has 13 rings (SSSR count). The van der Waals surface area contributed by atoms with Gasteiger partial charge in [0, 0.05) is 65.9 Å². The van der Waals surface area contributed by atoms with Crippen LogP contribution in [0.25, 0.3) is 127 Å². The van der Waals surface area contributed by atoms with Gasteiger partial charge in [-0.2, -0.15) is 0 Å². The summed E-state index contributed by atoms with van der Waals surface area (Å²) in [5, 5.41) is 8.11. The highest BCUT2D eigenvalue weighted by molar-refractivity contribution is 6.12. The van der Waals surface area contributed by atoms with Crippen LogP contribution in [0.4, 0.5) is 0 Å². The van der Waals surface area contributed by atoms with E-state index >= 15 is 0 Å². The summed E-state index contributed by atoms with van der Waals surface area (Å²) in [6, 6.07) is 69.7. The van der Waals surface area contributed by atoms with Crippen LogP contribution in [0.1, 0.15) is 11.3 Å². The zero-order valence-corrected chi connectivity index (χ0v) is 35.6. The van der Waals surface area contributed by atoms with E-state index in [-0.39, 0.29) is 0 Å². The van der Waals surface area contributed by atoms with Crippen molar-refractivity contribution in [1.29, 1.82) is 0 Å². The van der Waals surface area contributed by atoms with Gasteiger partial charge in [0.2, 0.25) is 0 Å². The molecule has 4 aromatic heterocycles. The summed E-state index contributed by atoms with van der Waals surface area (Å²) in [6.07, 6.45) is 6.01. The highest BCUT2D eigenvalue weighted by Crippen LogP contribution is 2.41. The van der Waals surface area contributed by atoms with Gasteiger partial charge < -0.3 is 18.0 Å². The SMILES string of the molecule is C=C/C=C\c1c(C)n(-c2cc(-c3ccc(-c4ccc5oc6ccc(-n7c8ccccc8c8ccccc87)cc6c5c4)cc3)cc(-c3cccc4c3oc3ccccc34)c2)c2ccccc12. The van der Waals surface area contributed by atoms with Crippen LogP contribution in [0.15, 0.2) is 222 Å². The highest BCUT2D eigenvalue weighted by Gasteiger charge is 2.19. The van der Waals surface area contributed by atoms with Crippen molar-refractivity contribution in [2.75, 3.05) is 0 Å². The Hall–Kier alpha value is -8.60. The Kier molecular flexibility index (Phi) is 8.24. The fourth-order valence-corrected chi connectivity index (χ4v) is 10.3. The molecule has 4 nitrogen and oxygen atoms in total. The number of para-hydroxylation sites is 5. The first-order valence-electron chi connectivity index (χ1n) is 22.1. The van der Waals surface area contributed by atoms with Gasteiger partial charge in [0.1, 0.15) is 22.3 Å². The number of benzene rings is 9. The molecule has 0 saturated carbocycles. The number of hydrogen-bond acceptors (Lipinski definition) is 2. The van der Waals surface area contributed by atoms with E-state index in [2.05, 4.69) is 211 Å². The van der Waals surface area contributed by atoms with Gasteiger partial charge in [-0.05, 0) is 108 Å². The van der Waals surface area contributed by atoms with Crippen LogP contribution >= 0.6 is 0 Å². The summed E-state index contributed by atoms with van der Waals surface area (Å²) in [6.45, 7) is 6.15. The molecule has 0 fully saturated rings. The summed E-state index contributed by atoms with van der Waals surface area (Å²) < 4.78 is 17.8. The monoisotopic (exact) mass is 832 g/mol. The fraction of sp³-hybridized carbons (Fsp3) is 0.0164. The van der Waals surface area contributed by atoms with Crippen LogP contribution in [0.3, 0.4) is 0 Å². The summed E-state index contributed by atoms with van der Waals surface area (Å²) in [5.74, 6) is 0. The molecule has 9 aromatic carbocycles. The maximum Gasteiger partial charge on any atom is 0.143 e. The lowest BCUT2D eigenvalue weighted by atomic mass is 9.95. The van der Waals surface area contributed by atoms with Gasteiger partial charge in [-0.1, -0.05) is 146 Å². The van der Waals surface area contributed by atoms with Gasteiger partial charge in [0.25, 0.3) is 0 Å². The normalized spacial score (nSPS) is 12.1. The fourth-order valence-electron chi connectivity index (χ4n) is 10.3. The van der Waals surface area contributed by atoms with Crippen LogP contribution in [0.5, 0.6) is 0 Å². The van der Waals surface area contributed by atoms with Gasteiger partial charge in [-0.15, -0.1) is 0 Å². The quantitative estimate of drug-likeness (QED) is 0.150. The van der Waals surface area contributed by atoms with E-state index in [4.69, 9.17) is 8.83 Å². The Morgan fingerprint density at radius 2 is 0.969 bits per heavy atom. The Bertz CT molecular complexity index is 4040. The summed E-state index contributed by atoms with van der Waals surface area (Å²) in [7, 11) is 0. The Morgan fingerprint density at radius 3 is 1.71 bits per heavy atom. The van der Waals surface area contributed by atoms with Crippen molar-refractivity contribution in [3.8, 4) is 44.8 Å². The molecular weight excluding hydrogens is 793 g/mol. The molecule has 65 heavy (non-hydrogen) atoms. The summed E-state index contributed by atoms with van der Waals surface area (Å²) in [5.41, 5.74) is 18.2. The van der Waals surface area contributed by atoms with Crippen molar-refractivity contribution in [2.45, 2.75) is 6.92 Å². The molecule has 0 unspecified atom stereocenters. The number of allylic oxidation sites excluding steroid dienone is 2. The van der Waals surface area contributed by atoms with E-state index in [1.165, 1.54) is 32.8 Å². The lowest BCUT2D eigenvalue weighted by Crippen LogP contribution is -1.98. The van der Waals surface area contributed by atoms with Gasteiger partial charge in [0.15, 0.2) is 0 Å². The minimum absolute atomic E-state index is 0.875. The summed E-state index contributed by atoms with van der Waals surface area (Å²) >= 11 is 0. The molecule has 0 N–H and O–H groups in total. The van der Waals surface area contributed by atoms with Crippen LogP contribution < -0.4 is 0 Å². The molecule has 306 valence electrons. The van der Waals surface area contributed by atoms with E-state index in [1.54, 1.807) is 0 Å². The second kappa shape index (κ2) is 14.5. The van der Waals surface area contributed by atoms with Crippen LogP contribution in [0.2, 0.25) is 0 Å². The minimum atomic E-state index is 0.875. The van der Waals surface area contributed by atoms with Crippen molar-refractivity contribution in [3.05, 3.63) is 224 Å². The Morgan fingerprint density at radius 1 is 0.400 bits per heavy atom. The molecule has 0 spiro atoms. The molecular formula is C61H40N2O2. The molecule has 0 radical (unpaired) electrons. The van der Waals surface area contributed by atoms with Crippen LogP contribution in [-0.4, -0.2) is 9.13 Å². The van der Waals surface area contributed by atoms with Crippen molar-refractivity contribution in [3.63, 3.8) is 0 Å². The number of aromatic nitrogens is 2. The van der Waals surface area contributed by atoms with Gasteiger partial charge in [-0.25, -0.2) is 0 Å². The number of nitrogens with zero attached hydrogens (tertiary/aromatic N) is 2. The first-order chi connectivity index (χ1) is 32.1. The lowest BCUT2D eigenvalue weighted by molar-refractivity contribution is 0.669. The number of rotatable bonds is 7. The van der Waals surface area contributed by atoms with Crippen molar-refractivity contribution >= 4 is 82.7 Å². The maximum absolute atomic E-state index is 6.61. The topological polar surface area (TPSA) is 36.1 Å². The average molecular weight is 833 g/mol. The second-order valence-electron chi connectivity index (χ2n) is 16.9. The number of furan rings is 2. The standard InChI is InChI=1S/C61H40N2O2/c1-3-4-14-46-38(2)62(55-21-9-5-15-48(46)55)45-34-42(33-43(35-45)47-19-13-20-52-51-18-8-12-24-58(51)65-61(47)52)40-27-25-39(26-28-40)41-29-31-59-53(36-41)54-37-44(30-32-60(54)64-59)63-56-22-10-6-16-49(56)50-17-7-11-23-57(50)63/h3-37H,1H2,2H3/b14-4-. The smallest absolute Gasteiger partial charge is 0.143 e. The van der Waals surface area contributed by atoms with Crippen LogP contribution in [0, 0.1) is 6.92 Å². The second-order valence-corrected chi connectivity index (χ2v) is 16.9. The van der Waals surface area contributed by atoms with Gasteiger partial charge >= 0.3 is 0 Å². The van der Waals surface area contributed by atoms with Gasteiger partial charge in [0.05, 0.1) is 16.6 Å². The molecule has 4 heterocycles. The highest BCUT2D eigenvalue weighted by atomic mass is 16.3. The van der Waals surface area contributed by atoms with E-state index in [0.717, 1.165) is 99.8 Å². The summed E-state index contributed by atoms with van der Waals surface area (Å²) in [4.78, 5) is 0. The molecule has 0 aliphatic carbocycles. The zero-order valence-electron chi connectivity index (χ0n) is 35.6. The molecule has 0 aliphatic heterocycles. The molecule has 0 saturated heterocycles. The Balaban J connectivity index is 0.939. The Labute approximate surface area is 374 Å². The van der Waals surface area contributed by atoms with Crippen molar-refractivity contribution in [2.24, 2.45) is 0 Å². The van der Waals surface area contributed by atoms with Gasteiger partial charge in [-0.3, -0.25) is 0 Å². The third kappa shape index (κ3) is 5.77. The molecule has 0 amide bonds. The zero-order chi connectivity index (χ0) is 43.2. The largest absolute Gasteiger partial charge is 0.456 e. The molecule has 0 aliphatic rings. The minimum Gasteiger partial charge on any atom is -0.456 e. The van der Waals surface area contributed by atoms with Crippen LogP contribution in [-0.2, 0) is 0 Å². The number of fused-ring (bicyclic) bond motifs is 10. The van der Waals surface area contributed by atoms with E-state index < -0.39 is 0 Å². The van der Waals surface area contributed by atoms with E-state index in [9.17, 15) is 0 Å². The van der Waals surface area contributed by atoms with Crippen molar-refractivity contribution in [1.82, 2.24) is 9.13 Å². The molecule has 0 bridgehead atoms. The predicted octanol–water partition coefficient (Wildman–Crippen LogP) is 17.0. The first kappa shape index (κ1) is 37.0. The van der Waals surface area contributed by atoms with E-state index in [1.807, 2.05) is 24.3 Å². The van der Waals surface area contributed by atoms with E-state index in [0.29, 0.717) is 0 Å². The third-order valence-electron chi connectivity index (χ3n) is 13.3. The molecule has 13 aromatic rings. The van der Waals surface area contributed by atoms with Crippen molar-refractivity contribution < 1.29 is 8.83 Å². The predicted molar refractivity (Wildman–Crippen MR) is 272 cm³/mol. The third-order valence-corrected chi connectivity index (χ3v) is 13.3. The molecule has 4 heteroatoms. The molecule has 0 atom stereocenters. The number of hydrogen-bond donors (Lipinski definition) is 0. The average Bonchev–Trinajstić information content (AvgIpc) is 4.10. The maximum atomic E-state index is 6.61. The lowest BCUT2D eigenvalue weighted by Gasteiger charge is -2.15. The first-order valence-corrected chi connectivity index (χ1v) is 22.1.